The van der Waals surface area contributed by atoms with Gasteiger partial charge in [-0.25, -0.2) is 0 Å². The van der Waals surface area contributed by atoms with Gasteiger partial charge in [-0.1, -0.05) is 65.8 Å². The Kier molecular flexibility index (Phi) is 6.47. The fourth-order valence-electron chi connectivity index (χ4n) is 3.18. The molecule has 1 atom stereocenters. The van der Waals surface area contributed by atoms with E-state index in [0.29, 0.717) is 17.8 Å². The number of aryl methyl sites for hydroxylation is 1. The summed E-state index contributed by atoms with van der Waals surface area (Å²) in [5.74, 6) is 0.697. The van der Waals surface area contributed by atoms with Crippen LogP contribution in [-0.2, 0) is 13.0 Å². The van der Waals surface area contributed by atoms with Crippen molar-refractivity contribution >= 4 is 0 Å². The van der Waals surface area contributed by atoms with E-state index in [0.717, 1.165) is 25.1 Å². The number of ether oxygens (including phenoxy) is 1. The van der Waals surface area contributed by atoms with Crippen LogP contribution < -0.4 is 10.1 Å². The molecule has 1 aromatic heterocycles. The van der Waals surface area contributed by atoms with E-state index in [1.165, 1.54) is 11.1 Å². The van der Waals surface area contributed by atoms with Crippen molar-refractivity contribution in [3.05, 3.63) is 96.1 Å². The molecular formula is C24H25N5O. The van der Waals surface area contributed by atoms with Gasteiger partial charge < -0.3 is 10.1 Å². The highest BCUT2D eigenvalue weighted by atomic mass is 16.5. The fourth-order valence-corrected chi connectivity index (χ4v) is 3.18. The molecule has 0 aliphatic heterocycles. The minimum atomic E-state index is 0.335. The average molecular weight is 399 g/mol. The summed E-state index contributed by atoms with van der Waals surface area (Å²) in [5.41, 5.74) is 3.44. The maximum atomic E-state index is 5.88. The molecule has 1 N–H and O–H groups in total. The quantitative estimate of drug-likeness (QED) is 0.447. The van der Waals surface area contributed by atoms with Gasteiger partial charge >= 0.3 is 6.01 Å². The van der Waals surface area contributed by atoms with Crippen LogP contribution in [-0.4, -0.2) is 26.2 Å². The molecule has 152 valence electrons. The first-order valence-electron chi connectivity index (χ1n) is 10.2. The highest BCUT2D eigenvalue weighted by Crippen LogP contribution is 2.21. The molecule has 0 spiro atoms. The van der Waals surface area contributed by atoms with Gasteiger partial charge in [0, 0.05) is 12.6 Å². The van der Waals surface area contributed by atoms with E-state index in [2.05, 4.69) is 70.2 Å². The highest BCUT2D eigenvalue weighted by molar-refractivity contribution is 5.34. The van der Waals surface area contributed by atoms with E-state index in [1.54, 1.807) is 4.68 Å². The fraction of sp³-hybridized carbons (Fsp3) is 0.208. The van der Waals surface area contributed by atoms with Gasteiger partial charge in [0.05, 0.1) is 5.69 Å². The minimum Gasteiger partial charge on any atom is -0.423 e. The zero-order chi connectivity index (χ0) is 20.6. The third kappa shape index (κ3) is 5.30. The highest BCUT2D eigenvalue weighted by Gasteiger charge is 2.10. The molecular weight excluding hydrogens is 374 g/mol. The Hall–Kier alpha value is -3.51. The van der Waals surface area contributed by atoms with Crippen LogP contribution in [0.3, 0.4) is 0 Å². The first-order chi connectivity index (χ1) is 14.8. The van der Waals surface area contributed by atoms with Crippen LogP contribution in [0.1, 0.15) is 24.5 Å². The van der Waals surface area contributed by atoms with Crippen molar-refractivity contribution in [3.8, 4) is 17.4 Å². The largest absolute Gasteiger partial charge is 0.423 e. The Bertz CT molecular complexity index is 1030. The van der Waals surface area contributed by atoms with Crippen LogP contribution in [0.5, 0.6) is 11.8 Å². The summed E-state index contributed by atoms with van der Waals surface area (Å²) >= 11 is 0. The van der Waals surface area contributed by atoms with Gasteiger partial charge in [-0.05, 0) is 65.6 Å². The Morgan fingerprint density at radius 3 is 2.30 bits per heavy atom. The van der Waals surface area contributed by atoms with E-state index in [4.69, 9.17) is 4.74 Å². The van der Waals surface area contributed by atoms with Gasteiger partial charge in [-0.2, -0.15) is 4.68 Å². The standard InChI is InChI=1S/C24H25N5O/c1-19(12-13-20-8-4-2-5-9-20)25-18-21-14-16-23(17-15-21)30-24-26-27-28-29(24)22-10-6-3-7-11-22/h2-11,14-17,19,25H,12-13,18H2,1H3. The maximum absolute atomic E-state index is 5.88. The van der Waals surface area contributed by atoms with Crippen LogP contribution in [0.4, 0.5) is 0 Å². The second-order valence-electron chi connectivity index (χ2n) is 7.26. The minimum absolute atomic E-state index is 0.335. The van der Waals surface area contributed by atoms with Gasteiger partial charge in [-0.3, -0.25) is 0 Å². The summed E-state index contributed by atoms with van der Waals surface area (Å²) < 4.78 is 7.45. The number of para-hydroxylation sites is 1. The number of hydrogen-bond acceptors (Lipinski definition) is 5. The average Bonchev–Trinajstić information content (AvgIpc) is 3.26. The summed E-state index contributed by atoms with van der Waals surface area (Å²) in [6.07, 6.45) is 2.19. The van der Waals surface area contributed by atoms with Crippen molar-refractivity contribution in [2.24, 2.45) is 0 Å². The van der Waals surface area contributed by atoms with Gasteiger partial charge in [0.15, 0.2) is 0 Å². The summed E-state index contributed by atoms with van der Waals surface area (Å²) in [5, 5.41) is 15.3. The lowest BCUT2D eigenvalue weighted by atomic mass is 10.1. The van der Waals surface area contributed by atoms with E-state index in [1.807, 2.05) is 42.5 Å². The molecule has 1 heterocycles. The van der Waals surface area contributed by atoms with Crippen LogP contribution in [0.15, 0.2) is 84.9 Å². The molecule has 0 radical (unpaired) electrons. The third-order valence-corrected chi connectivity index (χ3v) is 4.94. The molecule has 6 heteroatoms. The Balaban J connectivity index is 1.29. The molecule has 0 amide bonds. The zero-order valence-electron chi connectivity index (χ0n) is 17.0. The molecule has 0 aliphatic carbocycles. The van der Waals surface area contributed by atoms with Crippen LogP contribution in [0.2, 0.25) is 0 Å². The molecule has 4 rings (SSSR count). The lowest BCUT2D eigenvalue weighted by Crippen LogP contribution is -2.25. The number of tetrazole rings is 1. The molecule has 0 fully saturated rings. The van der Waals surface area contributed by atoms with Crippen LogP contribution in [0, 0.1) is 0 Å². The van der Waals surface area contributed by atoms with Crippen LogP contribution >= 0.6 is 0 Å². The lowest BCUT2D eigenvalue weighted by Gasteiger charge is -2.14. The normalized spacial score (nSPS) is 11.9. The van der Waals surface area contributed by atoms with E-state index in [-0.39, 0.29) is 0 Å². The number of nitrogens with one attached hydrogen (secondary N) is 1. The Morgan fingerprint density at radius 2 is 1.57 bits per heavy atom. The summed E-state index contributed by atoms with van der Waals surface area (Å²) in [4.78, 5) is 0. The first-order valence-corrected chi connectivity index (χ1v) is 10.2. The van der Waals surface area contributed by atoms with E-state index in [9.17, 15) is 0 Å². The molecule has 0 saturated heterocycles. The predicted molar refractivity (Wildman–Crippen MR) is 117 cm³/mol. The zero-order valence-corrected chi connectivity index (χ0v) is 17.0. The van der Waals surface area contributed by atoms with Crippen molar-refractivity contribution in [3.63, 3.8) is 0 Å². The monoisotopic (exact) mass is 399 g/mol. The second-order valence-corrected chi connectivity index (χ2v) is 7.26. The number of benzene rings is 3. The molecule has 3 aromatic carbocycles. The number of aromatic nitrogens is 4. The number of rotatable bonds is 9. The van der Waals surface area contributed by atoms with Gasteiger partial charge in [0.25, 0.3) is 0 Å². The van der Waals surface area contributed by atoms with Gasteiger partial charge in [0.2, 0.25) is 0 Å². The summed E-state index contributed by atoms with van der Waals surface area (Å²) in [6, 6.07) is 29.0. The molecule has 6 nitrogen and oxygen atoms in total. The Morgan fingerprint density at radius 1 is 0.867 bits per heavy atom. The maximum Gasteiger partial charge on any atom is 0.345 e. The van der Waals surface area contributed by atoms with Gasteiger partial charge in [-0.15, -0.1) is 0 Å². The summed E-state index contributed by atoms with van der Waals surface area (Å²) in [7, 11) is 0. The SMILES string of the molecule is CC(CCc1ccccc1)NCc1ccc(Oc2nnnn2-c2ccccc2)cc1. The van der Waals surface area contributed by atoms with Crippen molar-refractivity contribution in [2.75, 3.05) is 0 Å². The number of nitrogens with zero attached hydrogens (tertiary/aromatic N) is 4. The topological polar surface area (TPSA) is 64.9 Å². The van der Waals surface area contributed by atoms with Crippen molar-refractivity contribution in [1.29, 1.82) is 0 Å². The third-order valence-electron chi connectivity index (χ3n) is 4.94. The van der Waals surface area contributed by atoms with E-state index < -0.39 is 0 Å². The van der Waals surface area contributed by atoms with Crippen molar-refractivity contribution in [1.82, 2.24) is 25.5 Å². The van der Waals surface area contributed by atoms with Gasteiger partial charge in [0.1, 0.15) is 5.75 Å². The molecule has 1 unspecified atom stereocenters. The molecule has 4 aromatic rings. The Labute approximate surface area is 176 Å². The first kappa shape index (κ1) is 19.8. The molecule has 0 saturated carbocycles. The second kappa shape index (κ2) is 9.80. The van der Waals surface area contributed by atoms with E-state index >= 15 is 0 Å². The number of hydrogen-bond donors (Lipinski definition) is 1. The summed E-state index contributed by atoms with van der Waals surface area (Å²) in [6.45, 7) is 3.04. The molecule has 0 aliphatic rings. The van der Waals surface area contributed by atoms with Crippen molar-refractivity contribution < 1.29 is 4.74 Å². The smallest absolute Gasteiger partial charge is 0.345 e. The predicted octanol–water partition coefficient (Wildman–Crippen LogP) is 4.57. The molecule has 30 heavy (non-hydrogen) atoms. The van der Waals surface area contributed by atoms with Crippen molar-refractivity contribution in [2.45, 2.75) is 32.4 Å². The lowest BCUT2D eigenvalue weighted by molar-refractivity contribution is 0.427. The van der Waals surface area contributed by atoms with Crippen LogP contribution in [0.25, 0.3) is 5.69 Å². The molecule has 0 bridgehead atoms.